The van der Waals surface area contributed by atoms with Crippen molar-refractivity contribution in [2.24, 2.45) is 7.05 Å². The summed E-state index contributed by atoms with van der Waals surface area (Å²) in [6.07, 6.45) is 1.46. The molecule has 0 fully saturated rings. The van der Waals surface area contributed by atoms with E-state index in [4.69, 9.17) is 5.11 Å². The lowest BCUT2D eigenvalue weighted by atomic mass is 10.2. The van der Waals surface area contributed by atoms with Gasteiger partial charge < -0.3 is 5.11 Å². The van der Waals surface area contributed by atoms with E-state index in [-0.39, 0.29) is 5.56 Å². The molecule has 0 saturated heterocycles. The second-order valence-corrected chi connectivity index (χ2v) is 5.21. The number of aromatic carboxylic acids is 1. The number of halogens is 1. The van der Waals surface area contributed by atoms with E-state index in [1.54, 1.807) is 23.9 Å². The van der Waals surface area contributed by atoms with Crippen molar-refractivity contribution < 1.29 is 9.90 Å². The fourth-order valence-corrected chi connectivity index (χ4v) is 2.74. The van der Waals surface area contributed by atoms with Crippen LogP contribution in [0.1, 0.15) is 10.4 Å². The minimum atomic E-state index is -0.953. The average Bonchev–Trinajstić information content (AvgIpc) is 2.63. The van der Waals surface area contributed by atoms with Gasteiger partial charge in [0, 0.05) is 16.4 Å². The van der Waals surface area contributed by atoms with Crippen LogP contribution in [0.4, 0.5) is 0 Å². The van der Waals surface area contributed by atoms with Gasteiger partial charge in [-0.3, -0.25) is 0 Å². The number of aryl methyl sites for hydroxylation is 1. The molecular formula is C10H8BrN3O2S. The summed E-state index contributed by atoms with van der Waals surface area (Å²) >= 11 is 4.65. The second kappa shape index (κ2) is 4.89. The van der Waals surface area contributed by atoms with Gasteiger partial charge in [0.2, 0.25) is 0 Å². The number of aromatic nitrogens is 3. The number of nitrogens with zero attached hydrogens (tertiary/aromatic N) is 3. The normalized spacial score (nSPS) is 10.5. The van der Waals surface area contributed by atoms with E-state index in [9.17, 15) is 4.79 Å². The van der Waals surface area contributed by atoms with Crippen molar-refractivity contribution in [1.29, 1.82) is 0 Å². The predicted molar refractivity (Wildman–Crippen MR) is 66.2 cm³/mol. The van der Waals surface area contributed by atoms with Gasteiger partial charge in [0.05, 0.1) is 5.56 Å². The molecule has 2 rings (SSSR count). The number of carbonyl (C=O) groups is 1. The Bertz CT molecular complexity index is 570. The molecule has 0 amide bonds. The molecule has 0 aliphatic heterocycles. The summed E-state index contributed by atoms with van der Waals surface area (Å²) < 4.78 is 2.36. The minimum absolute atomic E-state index is 0.240. The van der Waals surface area contributed by atoms with Crippen LogP contribution in [-0.4, -0.2) is 25.8 Å². The number of rotatable bonds is 3. The molecule has 5 nitrogen and oxygen atoms in total. The van der Waals surface area contributed by atoms with Crippen LogP contribution in [0, 0.1) is 0 Å². The highest BCUT2D eigenvalue weighted by Gasteiger charge is 2.09. The van der Waals surface area contributed by atoms with Crippen molar-refractivity contribution in [3.8, 4) is 0 Å². The molecule has 0 unspecified atom stereocenters. The summed E-state index contributed by atoms with van der Waals surface area (Å²) in [5.74, 6) is -0.953. The number of hydrogen-bond acceptors (Lipinski definition) is 4. The summed E-state index contributed by atoms with van der Waals surface area (Å²) in [4.78, 5) is 15.8. The molecule has 2 aromatic rings. The third kappa shape index (κ3) is 2.86. The zero-order valence-electron chi connectivity index (χ0n) is 8.79. The Balaban J connectivity index is 2.33. The Morgan fingerprint density at radius 2 is 2.24 bits per heavy atom. The summed E-state index contributed by atoms with van der Waals surface area (Å²) in [5.41, 5.74) is 0.240. The smallest absolute Gasteiger partial charge is 0.335 e. The van der Waals surface area contributed by atoms with Gasteiger partial charge in [-0.1, -0.05) is 27.7 Å². The van der Waals surface area contributed by atoms with E-state index < -0.39 is 5.97 Å². The van der Waals surface area contributed by atoms with Gasteiger partial charge in [0.1, 0.15) is 6.33 Å². The van der Waals surface area contributed by atoms with Crippen molar-refractivity contribution in [3.63, 3.8) is 0 Å². The number of hydrogen-bond donors (Lipinski definition) is 1. The number of carboxylic acids is 1. The van der Waals surface area contributed by atoms with Gasteiger partial charge in [-0.15, -0.1) is 0 Å². The lowest BCUT2D eigenvalue weighted by Crippen LogP contribution is -1.97. The molecule has 1 N–H and O–H groups in total. The van der Waals surface area contributed by atoms with E-state index in [2.05, 4.69) is 26.0 Å². The third-order valence-electron chi connectivity index (χ3n) is 2.00. The quantitative estimate of drug-likeness (QED) is 0.942. The molecule has 0 spiro atoms. The molecular weight excluding hydrogens is 306 g/mol. The van der Waals surface area contributed by atoms with Crippen LogP contribution in [0.15, 0.2) is 39.1 Å². The average molecular weight is 314 g/mol. The zero-order chi connectivity index (χ0) is 12.4. The first-order chi connectivity index (χ1) is 8.06. The first kappa shape index (κ1) is 12.1. The lowest BCUT2D eigenvalue weighted by Gasteiger charge is -2.03. The molecule has 0 aliphatic rings. The van der Waals surface area contributed by atoms with Crippen molar-refractivity contribution in [1.82, 2.24) is 14.8 Å². The maximum absolute atomic E-state index is 10.9. The molecule has 0 saturated carbocycles. The number of carboxylic acid groups (broad SMARTS) is 1. The van der Waals surface area contributed by atoms with Crippen LogP contribution in [0.3, 0.4) is 0 Å². The Hall–Kier alpha value is -1.34. The Labute approximate surface area is 110 Å². The fraction of sp³-hybridized carbons (Fsp3) is 0.100. The van der Waals surface area contributed by atoms with Crippen LogP contribution >= 0.6 is 27.7 Å². The molecule has 17 heavy (non-hydrogen) atoms. The maximum atomic E-state index is 10.9. The van der Waals surface area contributed by atoms with E-state index in [0.717, 1.165) is 9.37 Å². The van der Waals surface area contributed by atoms with Crippen LogP contribution < -0.4 is 0 Å². The number of benzene rings is 1. The highest BCUT2D eigenvalue weighted by molar-refractivity contribution is 9.10. The molecule has 0 aliphatic carbocycles. The monoisotopic (exact) mass is 313 g/mol. The topological polar surface area (TPSA) is 68.0 Å². The molecule has 1 aromatic heterocycles. The van der Waals surface area contributed by atoms with E-state index in [0.29, 0.717) is 5.16 Å². The van der Waals surface area contributed by atoms with Crippen LogP contribution in [0.5, 0.6) is 0 Å². The first-order valence-electron chi connectivity index (χ1n) is 4.62. The van der Waals surface area contributed by atoms with Gasteiger partial charge in [-0.05, 0) is 18.2 Å². The largest absolute Gasteiger partial charge is 0.478 e. The van der Waals surface area contributed by atoms with Crippen LogP contribution in [0.2, 0.25) is 0 Å². The Morgan fingerprint density at radius 1 is 1.47 bits per heavy atom. The standard InChI is InChI=1S/C10H8BrN3O2S/c1-14-10(12-5-13-14)17-8-3-6(9(15)16)2-7(11)4-8/h2-5H,1H3,(H,15,16). The predicted octanol–water partition coefficient (Wildman–Crippen LogP) is 2.43. The third-order valence-corrected chi connectivity index (χ3v) is 3.48. The van der Waals surface area contributed by atoms with E-state index >= 15 is 0 Å². The highest BCUT2D eigenvalue weighted by atomic mass is 79.9. The van der Waals surface area contributed by atoms with Crippen LogP contribution in [0.25, 0.3) is 0 Å². The summed E-state index contributed by atoms with van der Waals surface area (Å²) in [5, 5.41) is 13.6. The summed E-state index contributed by atoms with van der Waals surface area (Å²) in [6.45, 7) is 0. The summed E-state index contributed by atoms with van der Waals surface area (Å²) in [6, 6.07) is 5.00. The van der Waals surface area contributed by atoms with Crippen molar-refractivity contribution in [3.05, 3.63) is 34.6 Å². The van der Waals surface area contributed by atoms with Gasteiger partial charge in [-0.2, -0.15) is 5.10 Å². The van der Waals surface area contributed by atoms with E-state index in [1.807, 2.05) is 6.07 Å². The lowest BCUT2D eigenvalue weighted by molar-refractivity contribution is 0.0696. The molecule has 1 aromatic carbocycles. The molecule has 0 atom stereocenters. The SMILES string of the molecule is Cn1ncnc1Sc1cc(Br)cc(C(=O)O)c1. The fourth-order valence-electron chi connectivity index (χ4n) is 1.23. The minimum Gasteiger partial charge on any atom is -0.478 e. The molecule has 7 heteroatoms. The summed E-state index contributed by atoms with van der Waals surface area (Å²) in [7, 11) is 1.78. The van der Waals surface area contributed by atoms with Gasteiger partial charge in [-0.25, -0.2) is 14.5 Å². The molecule has 1 heterocycles. The van der Waals surface area contributed by atoms with Gasteiger partial charge in [0.25, 0.3) is 0 Å². The second-order valence-electron chi connectivity index (χ2n) is 3.25. The van der Waals surface area contributed by atoms with Crippen LogP contribution in [-0.2, 0) is 7.05 Å². The van der Waals surface area contributed by atoms with Crippen molar-refractivity contribution in [2.75, 3.05) is 0 Å². The Kier molecular flexibility index (Phi) is 3.49. The zero-order valence-corrected chi connectivity index (χ0v) is 11.2. The van der Waals surface area contributed by atoms with Crippen molar-refractivity contribution in [2.45, 2.75) is 10.1 Å². The van der Waals surface area contributed by atoms with Crippen molar-refractivity contribution >= 4 is 33.7 Å². The van der Waals surface area contributed by atoms with Gasteiger partial charge in [0.15, 0.2) is 5.16 Å². The van der Waals surface area contributed by atoms with Gasteiger partial charge >= 0.3 is 5.97 Å². The first-order valence-corrected chi connectivity index (χ1v) is 6.23. The van der Waals surface area contributed by atoms with E-state index in [1.165, 1.54) is 18.1 Å². The molecule has 0 bridgehead atoms. The molecule has 88 valence electrons. The molecule has 0 radical (unpaired) electrons. The Morgan fingerprint density at radius 3 is 2.82 bits per heavy atom. The highest BCUT2D eigenvalue weighted by Crippen LogP contribution is 2.29. The maximum Gasteiger partial charge on any atom is 0.335 e.